The van der Waals surface area contributed by atoms with Gasteiger partial charge in [0, 0.05) is 28.6 Å². The number of fused-ring (bicyclic) bond motifs is 1. The molecule has 3 heteroatoms. The fourth-order valence-corrected chi connectivity index (χ4v) is 3.87. The van der Waals surface area contributed by atoms with Crippen LogP contribution >= 0.6 is 11.3 Å². The lowest BCUT2D eigenvalue weighted by atomic mass is 9.92. The predicted molar refractivity (Wildman–Crippen MR) is 78.5 cm³/mol. The van der Waals surface area contributed by atoms with Crippen molar-refractivity contribution in [1.29, 1.82) is 0 Å². The van der Waals surface area contributed by atoms with E-state index < -0.39 is 0 Å². The van der Waals surface area contributed by atoms with E-state index in [9.17, 15) is 5.11 Å². The minimum absolute atomic E-state index is 0.0751. The molecule has 96 valence electrons. The van der Waals surface area contributed by atoms with Crippen LogP contribution in [0.4, 0.5) is 5.69 Å². The summed E-state index contributed by atoms with van der Waals surface area (Å²) < 4.78 is 1.36. The van der Waals surface area contributed by atoms with Crippen LogP contribution in [0.3, 0.4) is 0 Å². The first kappa shape index (κ1) is 12.0. The molecule has 0 unspecified atom stereocenters. The van der Waals surface area contributed by atoms with Crippen molar-refractivity contribution in [2.24, 2.45) is 0 Å². The third kappa shape index (κ3) is 2.13. The van der Waals surface area contributed by atoms with Gasteiger partial charge in [0.15, 0.2) is 0 Å². The lowest BCUT2D eigenvalue weighted by Crippen LogP contribution is -2.36. The molecule has 2 nitrogen and oxygen atoms in total. The summed E-state index contributed by atoms with van der Waals surface area (Å²) in [5, 5.41) is 13.2. The summed E-state index contributed by atoms with van der Waals surface area (Å²) in [5.41, 5.74) is 1.34. The van der Waals surface area contributed by atoms with Crippen molar-refractivity contribution in [3.8, 4) is 0 Å². The monoisotopic (exact) mass is 261 g/mol. The van der Waals surface area contributed by atoms with Gasteiger partial charge in [-0.2, -0.15) is 0 Å². The van der Waals surface area contributed by atoms with Gasteiger partial charge in [0.25, 0.3) is 0 Å². The maximum atomic E-state index is 9.59. The number of aliphatic hydroxyl groups excluding tert-OH is 1. The first-order valence-electron chi connectivity index (χ1n) is 6.63. The highest BCUT2D eigenvalue weighted by Crippen LogP contribution is 2.35. The number of anilines is 1. The van der Waals surface area contributed by atoms with Gasteiger partial charge in [0.1, 0.15) is 0 Å². The van der Waals surface area contributed by atoms with E-state index in [1.807, 2.05) is 11.3 Å². The summed E-state index contributed by atoms with van der Waals surface area (Å²) in [6, 6.07) is 9.17. The van der Waals surface area contributed by atoms with Crippen LogP contribution in [0.1, 0.15) is 25.7 Å². The first-order chi connectivity index (χ1) is 8.75. The molecule has 0 atom stereocenters. The lowest BCUT2D eigenvalue weighted by molar-refractivity contribution is 0.122. The van der Waals surface area contributed by atoms with Crippen LogP contribution < -0.4 is 4.90 Å². The van der Waals surface area contributed by atoms with Crippen molar-refractivity contribution in [2.45, 2.75) is 37.8 Å². The summed E-state index contributed by atoms with van der Waals surface area (Å²) in [5.74, 6) is 0. The highest BCUT2D eigenvalue weighted by atomic mass is 32.1. The Kier molecular flexibility index (Phi) is 3.27. The number of aliphatic hydroxyl groups is 1. The summed E-state index contributed by atoms with van der Waals surface area (Å²) in [7, 11) is 2.19. The zero-order valence-electron chi connectivity index (χ0n) is 10.7. The van der Waals surface area contributed by atoms with E-state index in [0.717, 1.165) is 25.7 Å². The quantitative estimate of drug-likeness (QED) is 0.892. The molecule has 1 aliphatic carbocycles. The van der Waals surface area contributed by atoms with Gasteiger partial charge in [-0.1, -0.05) is 18.2 Å². The Bertz CT molecular complexity index is 528. The molecule has 0 aliphatic heterocycles. The van der Waals surface area contributed by atoms with E-state index in [-0.39, 0.29) is 6.10 Å². The van der Waals surface area contributed by atoms with Gasteiger partial charge in [0.05, 0.1) is 11.8 Å². The Balaban J connectivity index is 1.85. The van der Waals surface area contributed by atoms with Crippen LogP contribution in [0.5, 0.6) is 0 Å². The van der Waals surface area contributed by atoms with E-state index in [1.165, 1.54) is 15.8 Å². The van der Waals surface area contributed by atoms with E-state index in [4.69, 9.17) is 0 Å². The van der Waals surface area contributed by atoms with Gasteiger partial charge in [-0.3, -0.25) is 0 Å². The Labute approximate surface area is 112 Å². The van der Waals surface area contributed by atoms with E-state index in [2.05, 4.69) is 41.6 Å². The summed E-state index contributed by atoms with van der Waals surface area (Å²) in [6.45, 7) is 0. The van der Waals surface area contributed by atoms with Crippen LogP contribution in [0, 0.1) is 0 Å². The standard InChI is InChI=1S/C15H19NOS/c1-16(11-6-8-12(17)9-7-11)14-10-18-15-5-3-2-4-13(14)15/h2-5,10-12,17H,6-9H2,1H3. The second-order valence-electron chi connectivity index (χ2n) is 5.19. The molecule has 1 N–H and O–H groups in total. The van der Waals surface area contributed by atoms with Crippen LogP contribution in [-0.2, 0) is 0 Å². The molecule has 0 amide bonds. The third-order valence-corrected chi connectivity index (χ3v) is 5.01. The zero-order valence-corrected chi connectivity index (χ0v) is 11.5. The van der Waals surface area contributed by atoms with Gasteiger partial charge in [-0.15, -0.1) is 11.3 Å². The number of rotatable bonds is 2. The Morgan fingerprint density at radius 2 is 1.89 bits per heavy atom. The molecule has 18 heavy (non-hydrogen) atoms. The molecule has 0 spiro atoms. The van der Waals surface area contributed by atoms with Gasteiger partial charge < -0.3 is 10.0 Å². The van der Waals surface area contributed by atoms with Crippen molar-refractivity contribution in [3.63, 3.8) is 0 Å². The van der Waals surface area contributed by atoms with E-state index >= 15 is 0 Å². The minimum atomic E-state index is -0.0751. The molecular weight excluding hydrogens is 242 g/mol. The molecule has 0 bridgehead atoms. The lowest BCUT2D eigenvalue weighted by Gasteiger charge is -2.34. The van der Waals surface area contributed by atoms with Crippen LogP contribution in [0.25, 0.3) is 10.1 Å². The summed E-state index contributed by atoms with van der Waals surface area (Å²) in [6.07, 6.45) is 4.01. The molecule has 1 heterocycles. The topological polar surface area (TPSA) is 23.5 Å². The average Bonchev–Trinajstić information content (AvgIpc) is 2.82. The van der Waals surface area contributed by atoms with Gasteiger partial charge >= 0.3 is 0 Å². The average molecular weight is 261 g/mol. The second kappa shape index (κ2) is 4.90. The number of hydrogen-bond acceptors (Lipinski definition) is 3. The van der Waals surface area contributed by atoms with Crippen molar-refractivity contribution in [3.05, 3.63) is 29.6 Å². The summed E-state index contributed by atoms with van der Waals surface area (Å²) >= 11 is 1.82. The van der Waals surface area contributed by atoms with Crippen LogP contribution in [-0.4, -0.2) is 24.3 Å². The molecule has 0 radical (unpaired) electrons. The molecule has 1 aromatic carbocycles. The normalized spacial score (nSPS) is 24.3. The Morgan fingerprint density at radius 3 is 2.67 bits per heavy atom. The molecule has 1 fully saturated rings. The van der Waals surface area contributed by atoms with E-state index in [1.54, 1.807) is 0 Å². The van der Waals surface area contributed by atoms with Gasteiger partial charge in [0.2, 0.25) is 0 Å². The molecule has 1 aromatic heterocycles. The minimum Gasteiger partial charge on any atom is -0.393 e. The predicted octanol–water partition coefficient (Wildman–Crippen LogP) is 3.64. The van der Waals surface area contributed by atoms with Crippen molar-refractivity contribution >= 4 is 27.1 Å². The number of thiophene rings is 1. The summed E-state index contributed by atoms with van der Waals surface area (Å²) in [4.78, 5) is 2.41. The SMILES string of the molecule is CN(c1csc2ccccc12)C1CCC(O)CC1. The maximum Gasteiger partial charge on any atom is 0.0554 e. The molecule has 1 saturated carbocycles. The third-order valence-electron chi connectivity index (χ3n) is 4.05. The first-order valence-corrected chi connectivity index (χ1v) is 7.51. The number of nitrogens with zero attached hydrogens (tertiary/aromatic N) is 1. The highest BCUT2D eigenvalue weighted by Gasteiger charge is 2.24. The Hall–Kier alpha value is -1.06. The van der Waals surface area contributed by atoms with Crippen molar-refractivity contribution in [1.82, 2.24) is 0 Å². The molecule has 2 aromatic rings. The van der Waals surface area contributed by atoms with E-state index in [0.29, 0.717) is 6.04 Å². The highest BCUT2D eigenvalue weighted by molar-refractivity contribution is 7.17. The molecule has 0 saturated heterocycles. The van der Waals surface area contributed by atoms with Crippen LogP contribution in [0.2, 0.25) is 0 Å². The fourth-order valence-electron chi connectivity index (χ4n) is 2.88. The van der Waals surface area contributed by atoms with Gasteiger partial charge in [-0.25, -0.2) is 0 Å². The zero-order chi connectivity index (χ0) is 12.5. The molecule has 3 rings (SSSR count). The fraction of sp³-hybridized carbons (Fsp3) is 0.467. The van der Waals surface area contributed by atoms with Crippen molar-refractivity contribution in [2.75, 3.05) is 11.9 Å². The molecular formula is C15H19NOS. The van der Waals surface area contributed by atoms with Gasteiger partial charge in [-0.05, 0) is 31.7 Å². The number of hydrogen-bond donors (Lipinski definition) is 1. The van der Waals surface area contributed by atoms with Crippen LogP contribution in [0.15, 0.2) is 29.6 Å². The Morgan fingerprint density at radius 1 is 1.17 bits per heavy atom. The largest absolute Gasteiger partial charge is 0.393 e. The smallest absolute Gasteiger partial charge is 0.0554 e. The second-order valence-corrected chi connectivity index (χ2v) is 6.10. The molecule has 1 aliphatic rings. The van der Waals surface area contributed by atoms with Crippen molar-refractivity contribution < 1.29 is 5.11 Å². The number of benzene rings is 1. The maximum absolute atomic E-state index is 9.59.